The summed E-state index contributed by atoms with van der Waals surface area (Å²) >= 11 is 0. The molecule has 0 bridgehead atoms. The Balaban J connectivity index is 2.46. The van der Waals surface area contributed by atoms with E-state index in [1.54, 1.807) is 6.92 Å². The van der Waals surface area contributed by atoms with E-state index in [9.17, 15) is 9.90 Å². The molecule has 18 heavy (non-hydrogen) atoms. The number of fused-ring (bicyclic) bond motifs is 1. The van der Waals surface area contributed by atoms with Crippen LogP contribution in [0.5, 0.6) is 0 Å². The summed E-state index contributed by atoms with van der Waals surface area (Å²) in [5.41, 5.74) is 0.865. The SMILES string of the molecule is CC(CO)NC1(C(=O)O)CCCc2ccccc21. The molecule has 4 heteroatoms. The molecule has 0 heterocycles. The monoisotopic (exact) mass is 249 g/mol. The van der Waals surface area contributed by atoms with Gasteiger partial charge in [0.1, 0.15) is 5.54 Å². The van der Waals surface area contributed by atoms with Crippen molar-refractivity contribution in [2.24, 2.45) is 0 Å². The average Bonchev–Trinajstić information content (AvgIpc) is 2.38. The van der Waals surface area contributed by atoms with Crippen LogP contribution in [0.4, 0.5) is 0 Å². The number of aryl methyl sites for hydroxylation is 1. The van der Waals surface area contributed by atoms with Crippen LogP contribution in [0, 0.1) is 0 Å². The van der Waals surface area contributed by atoms with E-state index < -0.39 is 11.5 Å². The summed E-state index contributed by atoms with van der Waals surface area (Å²) in [5.74, 6) is -0.866. The number of rotatable bonds is 4. The normalized spacial score (nSPS) is 24.3. The van der Waals surface area contributed by atoms with Crippen molar-refractivity contribution in [3.05, 3.63) is 35.4 Å². The van der Waals surface area contributed by atoms with E-state index in [2.05, 4.69) is 5.32 Å². The Kier molecular flexibility index (Phi) is 3.68. The highest BCUT2D eigenvalue weighted by Gasteiger charge is 2.43. The Labute approximate surface area is 107 Å². The lowest BCUT2D eigenvalue weighted by Gasteiger charge is -2.38. The number of carboxylic acid groups (broad SMARTS) is 1. The largest absolute Gasteiger partial charge is 0.480 e. The summed E-state index contributed by atoms with van der Waals surface area (Å²) in [6.07, 6.45) is 2.32. The minimum Gasteiger partial charge on any atom is -0.480 e. The van der Waals surface area contributed by atoms with E-state index in [0.717, 1.165) is 24.0 Å². The van der Waals surface area contributed by atoms with Crippen molar-refractivity contribution >= 4 is 5.97 Å². The number of carboxylic acids is 1. The van der Waals surface area contributed by atoms with Crippen LogP contribution in [0.25, 0.3) is 0 Å². The number of aliphatic hydroxyl groups is 1. The molecular formula is C14H19NO3. The molecule has 0 spiro atoms. The standard InChI is InChI=1S/C14H19NO3/c1-10(9-16)15-14(13(17)18)8-4-6-11-5-2-3-7-12(11)14/h2-3,5,7,10,15-16H,4,6,8-9H2,1H3,(H,17,18). The molecule has 0 saturated heterocycles. The molecule has 4 nitrogen and oxygen atoms in total. The molecule has 1 aliphatic rings. The lowest BCUT2D eigenvalue weighted by Crippen LogP contribution is -2.55. The maximum Gasteiger partial charge on any atom is 0.328 e. The van der Waals surface area contributed by atoms with Crippen LogP contribution < -0.4 is 5.32 Å². The van der Waals surface area contributed by atoms with Crippen LogP contribution in [-0.4, -0.2) is 28.8 Å². The van der Waals surface area contributed by atoms with Gasteiger partial charge in [-0.15, -0.1) is 0 Å². The maximum absolute atomic E-state index is 11.7. The lowest BCUT2D eigenvalue weighted by atomic mass is 9.76. The highest BCUT2D eigenvalue weighted by Crippen LogP contribution is 2.36. The lowest BCUT2D eigenvalue weighted by molar-refractivity contribution is -0.146. The van der Waals surface area contributed by atoms with E-state index in [-0.39, 0.29) is 12.6 Å². The second kappa shape index (κ2) is 5.08. The molecule has 0 fully saturated rings. The van der Waals surface area contributed by atoms with E-state index in [4.69, 9.17) is 5.11 Å². The predicted molar refractivity (Wildman–Crippen MR) is 68.4 cm³/mol. The third-order valence-electron chi connectivity index (χ3n) is 3.61. The second-order valence-corrected chi connectivity index (χ2v) is 4.95. The molecule has 0 amide bonds. The predicted octanol–water partition coefficient (Wildman–Crippen LogP) is 1.27. The zero-order chi connectivity index (χ0) is 13.2. The number of aliphatic hydroxyl groups excluding tert-OH is 1. The number of hydrogen-bond acceptors (Lipinski definition) is 3. The van der Waals surface area contributed by atoms with Crippen molar-refractivity contribution in [3.8, 4) is 0 Å². The Morgan fingerprint density at radius 3 is 2.89 bits per heavy atom. The molecule has 2 rings (SSSR count). The summed E-state index contributed by atoms with van der Waals surface area (Å²) < 4.78 is 0. The van der Waals surface area contributed by atoms with Gasteiger partial charge < -0.3 is 10.2 Å². The molecule has 0 aliphatic heterocycles. The van der Waals surface area contributed by atoms with Gasteiger partial charge in [-0.3, -0.25) is 5.32 Å². The van der Waals surface area contributed by atoms with Crippen LogP contribution in [0.3, 0.4) is 0 Å². The molecule has 0 saturated carbocycles. The van der Waals surface area contributed by atoms with Gasteiger partial charge in [0.25, 0.3) is 0 Å². The first-order valence-corrected chi connectivity index (χ1v) is 6.30. The zero-order valence-electron chi connectivity index (χ0n) is 10.5. The van der Waals surface area contributed by atoms with Crippen molar-refractivity contribution in [3.63, 3.8) is 0 Å². The number of carbonyl (C=O) groups is 1. The fourth-order valence-electron chi connectivity index (χ4n) is 2.73. The summed E-state index contributed by atoms with van der Waals surface area (Å²) in [4.78, 5) is 11.7. The molecule has 0 radical (unpaired) electrons. The third kappa shape index (κ3) is 2.13. The van der Waals surface area contributed by atoms with Gasteiger partial charge in [-0.1, -0.05) is 24.3 Å². The van der Waals surface area contributed by atoms with Gasteiger partial charge in [0.15, 0.2) is 0 Å². The highest BCUT2D eigenvalue weighted by atomic mass is 16.4. The summed E-state index contributed by atoms with van der Waals surface area (Å²) in [5, 5.41) is 21.9. The molecular weight excluding hydrogens is 230 g/mol. The first-order chi connectivity index (χ1) is 8.60. The fourth-order valence-corrected chi connectivity index (χ4v) is 2.73. The quantitative estimate of drug-likeness (QED) is 0.751. The fraction of sp³-hybridized carbons (Fsp3) is 0.500. The summed E-state index contributed by atoms with van der Waals surface area (Å²) in [6.45, 7) is 1.72. The van der Waals surface area contributed by atoms with Crippen molar-refractivity contribution in [2.75, 3.05) is 6.61 Å². The Morgan fingerprint density at radius 2 is 2.22 bits per heavy atom. The molecule has 98 valence electrons. The molecule has 1 aromatic rings. The second-order valence-electron chi connectivity index (χ2n) is 4.95. The number of hydrogen-bond donors (Lipinski definition) is 3. The van der Waals surface area contributed by atoms with Gasteiger partial charge in [-0.25, -0.2) is 4.79 Å². The van der Waals surface area contributed by atoms with Gasteiger partial charge >= 0.3 is 5.97 Å². The number of aliphatic carboxylic acids is 1. The maximum atomic E-state index is 11.7. The average molecular weight is 249 g/mol. The van der Waals surface area contributed by atoms with E-state index in [1.165, 1.54) is 0 Å². The van der Waals surface area contributed by atoms with E-state index in [1.807, 2.05) is 24.3 Å². The topological polar surface area (TPSA) is 69.6 Å². The van der Waals surface area contributed by atoms with Crippen LogP contribution >= 0.6 is 0 Å². The Hall–Kier alpha value is -1.39. The zero-order valence-corrected chi connectivity index (χ0v) is 10.5. The van der Waals surface area contributed by atoms with Crippen LogP contribution in [0.2, 0.25) is 0 Å². The molecule has 0 aromatic heterocycles. The molecule has 2 unspecified atom stereocenters. The van der Waals surface area contributed by atoms with Crippen molar-refractivity contribution in [1.29, 1.82) is 0 Å². The van der Waals surface area contributed by atoms with E-state index in [0.29, 0.717) is 6.42 Å². The number of benzene rings is 1. The van der Waals surface area contributed by atoms with Gasteiger partial charge in [0, 0.05) is 6.04 Å². The first-order valence-electron chi connectivity index (χ1n) is 6.30. The summed E-state index contributed by atoms with van der Waals surface area (Å²) in [6, 6.07) is 7.42. The van der Waals surface area contributed by atoms with Crippen LogP contribution in [-0.2, 0) is 16.8 Å². The Bertz CT molecular complexity index is 446. The van der Waals surface area contributed by atoms with Crippen LogP contribution in [0.15, 0.2) is 24.3 Å². The van der Waals surface area contributed by atoms with Crippen molar-refractivity contribution in [1.82, 2.24) is 5.32 Å². The third-order valence-corrected chi connectivity index (χ3v) is 3.61. The molecule has 3 N–H and O–H groups in total. The van der Waals surface area contributed by atoms with Gasteiger partial charge in [-0.05, 0) is 37.3 Å². The number of nitrogens with one attached hydrogen (secondary N) is 1. The van der Waals surface area contributed by atoms with Crippen molar-refractivity contribution in [2.45, 2.75) is 37.8 Å². The smallest absolute Gasteiger partial charge is 0.328 e. The van der Waals surface area contributed by atoms with E-state index >= 15 is 0 Å². The van der Waals surface area contributed by atoms with Gasteiger partial charge in [0.05, 0.1) is 6.61 Å². The Morgan fingerprint density at radius 1 is 1.50 bits per heavy atom. The molecule has 1 aromatic carbocycles. The minimum atomic E-state index is -1.06. The highest BCUT2D eigenvalue weighted by molar-refractivity contribution is 5.82. The molecule has 2 atom stereocenters. The van der Waals surface area contributed by atoms with Gasteiger partial charge in [-0.2, -0.15) is 0 Å². The van der Waals surface area contributed by atoms with Gasteiger partial charge in [0.2, 0.25) is 0 Å². The summed E-state index contributed by atoms with van der Waals surface area (Å²) in [7, 11) is 0. The van der Waals surface area contributed by atoms with Crippen LogP contribution in [0.1, 0.15) is 30.9 Å². The first kappa shape index (κ1) is 13.1. The molecule has 1 aliphatic carbocycles. The van der Waals surface area contributed by atoms with Crippen molar-refractivity contribution < 1.29 is 15.0 Å². The minimum absolute atomic E-state index is 0.0722.